The quantitative estimate of drug-likeness (QED) is 0.125. The molecule has 0 saturated heterocycles. The first-order valence-electron chi connectivity index (χ1n) is 25.4. The van der Waals surface area contributed by atoms with E-state index in [1.165, 1.54) is 99.7 Å². The van der Waals surface area contributed by atoms with Gasteiger partial charge in [-0.2, -0.15) is 0 Å². The van der Waals surface area contributed by atoms with Crippen LogP contribution in [0.15, 0.2) is 303 Å². The molecule has 0 amide bonds. The summed E-state index contributed by atoms with van der Waals surface area (Å²) in [5.74, 6) is 0. The topological polar surface area (TPSA) is 8.17 Å². The second-order valence-electron chi connectivity index (χ2n) is 18.9. The summed E-state index contributed by atoms with van der Waals surface area (Å²) in [7, 11) is 0. The van der Waals surface area contributed by atoms with Gasteiger partial charge < -0.3 is 9.47 Å². The Morgan fingerprint density at radius 2 is 0.432 bits per heavy atom. The molecule has 0 unspecified atom stereocenters. The molecule has 1 heterocycles. The van der Waals surface area contributed by atoms with Crippen LogP contribution < -0.4 is 4.90 Å². The Balaban J connectivity index is 0.866. The minimum atomic E-state index is 1.07. The van der Waals surface area contributed by atoms with Gasteiger partial charge in [0.2, 0.25) is 0 Å². The highest BCUT2D eigenvalue weighted by Crippen LogP contribution is 2.41. The summed E-state index contributed by atoms with van der Waals surface area (Å²) >= 11 is 0. The van der Waals surface area contributed by atoms with Gasteiger partial charge in [0, 0.05) is 33.5 Å². The van der Waals surface area contributed by atoms with Gasteiger partial charge in [-0.25, -0.2) is 0 Å². The average molecular weight is 943 g/mol. The predicted molar refractivity (Wildman–Crippen MR) is 314 cm³/mol. The van der Waals surface area contributed by atoms with Gasteiger partial charge in [-0.15, -0.1) is 0 Å². The van der Waals surface area contributed by atoms with Crippen LogP contribution in [0, 0.1) is 0 Å². The van der Waals surface area contributed by atoms with Crippen LogP contribution in [-0.2, 0) is 0 Å². The summed E-state index contributed by atoms with van der Waals surface area (Å²) in [6.45, 7) is 0. The normalized spacial score (nSPS) is 11.2. The van der Waals surface area contributed by atoms with E-state index in [1.807, 2.05) is 0 Å². The predicted octanol–water partition coefficient (Wildman–Crippen LogP) is 19.9. The lowest BCUT2D eigenvalue weighted by Gasteiger charge is -2.26. The van der Waals surface area contributed by atoms with Gasteiger partial charge in [0.15, 0.2) is 0 Å². The molecule has 0 aliphatic rings. The second-order valence-corrected chi connectivity index (χ2v) is 18.9. The maximum atomic E-state index is 2.42. The van der Waals surface area contributed by atoms with E-state index in [0.29, 0.717) is 0 Å². The van der Waals surface area contributed by atoms with Gasteiger partial charge in [-0.3, -0.25) is 0 Å². The molecule has 0 radical (unpaired) electrons. The van der Waals surface area contributed by atoms with Crippen LogP contribution in [0.1, 0.15) is 0 Å². The van der Waals surface area contributed by atoms with Crippen LogP contribution in [0.2, 0.25) is 0 Å². The van der Waals surface area contributed by atoms with Crippen molar-refractivity contribution in [3.8, 4) is 83.6 Å². The highest BCUT2D eigenvalue weighted by molar-refractivity contribution is 6.11. The molecule has 12 aromatic carbocycles. The van der Waals surface area contributed by atoms with Crippen LogP contribution >= 0.6 is 0 Å². The van der Waals surface area contributed by atoms with Gasteiger partial charge in [-0.05, 0) is 157 Å². The van der Waals surface area contributed by atoms with Gasteiger partial charge in [0.1, 0.15) is 0 Å². The maximum Gasteiger partial charge on any atom is 0.0541 e. The highest BCUT2D eigenvalue weighted by atomic mass is 15.1. The Kier molecular flexibility index (Phi) is 11.6. The summed E-state index contributed by atoms with van der Waals surface area (Å²) in [5.41, 5.74) is 23.5. The number of hydrogen-bond donors (Lipinski definition) is 0. The number of benzene rings is 12. The molecule has 0 atom stereocenters. The third-order valence-corrected chi connectivity index (χ3v) is 14.4. The smallest absolute Gasteiger partial charge is 0.0541 e. The van der Waals surface area contributed by atoms with Crippen molar-refractivity contribution in [2.75, 3.05) is 4.90 Å². The Morgan fingerprint density at radius 1 is 0.189 bits per heavy atom. The lowest BCUT2D eigenvalue weighted by atomic mass is 9.97. The van der Waals surface area contributed by atoms with Crippen LogP contribution in [0.5, 0.6) is 0 Å². The number of rotatable bonds is 11. The van der Waals surface area contributed by atoms with Crippen LogP contribution in [0.3, 0.4) is 0 Å². The molecule has 0 aliphatic heterocycles. The summed E-state index contributed by atoms with van der Waals surface area (Å²) in [6.07, 6.45) is 0. The van der Waals surface area contributed by atoms with E-state index in [9.17, 15) is 0 Å². The average Bonchev–Trinajstić information content (AvgIpc) is 3.82. The fourth-order valence-corrected chi connectivity index (χ4v) is 10.6. The first-order valence-corrected chi connectivity index (χ1v) is 25.4. The van der Waals surface area contributed by atoms with Crippen molar-refractivity contribution < 1.29 is 0 Å². The van der Waals surface area contributed by atoms with Gasteiger partial charge in [-0.1, -0.05) is 224 Å². The number of anilines is 3. The zero-order valence-corrected chi connectivity index (χ0v) is 40.8. The van der Waals surface area contributed by atoms with Crippen LogP contribution in [0.4, 0.5) is 17.1 Å². The van der Waals surface area contributed by atoms with E-state index < -0.39 is 0 Å². The first-order chi connectivity index (χ1) is 36.7. The van der Waals surface area contributed by atoms with E-state index >= 15 is 0 Å². The fourth-order valence-electron chi connectivity index (χ4n) is 10.6. The van der Waals surface area contributed by atoms with Crippen molar-refractivity contribution in [2.45, 2.75) is 0 Å². The largest absolute Gasteiger partial charge is 0.311 e. The molecule has 0 bridgehead atoms. The molecular formula is C72H50N2. The van der Waals surface area contributed by atoms with Crippen molar-refractivity contribution in [3.05, 3.63) is 303 Å². The Labute approximate surface area is 433 Å². The van der Waals surface area contributed by atoms with Gasteiger partial charge >= 0.3 is 0 Å². The number of fused-ring (bicyclic) bond motifs is 3. The standard InChI is InChI=1S/C72H50N2/c1-5-14-51(15-6-1)55-24-26-57(27-25-55)58-32-38-65(39-33-58)73(66-40-34-60(35-41-66)62-23-13-22-61(48-62)59-30-28-56(29-31-59)52-16-7-2-8-17-52)67-42-44-68(45-43-67)74-71-46-36-63(53-18-9-3-10-19-53)49-69(71)70-50-64(37-47-72(70)74)54-20-11-4-12-21-54/h1-50H. The third kappa shape index (κ3) is 8.65. The highest BCUT2D eigenvalue weighted by Gasteiger charge is 2.18. The molecule has 0 saturated carbocycles. The lowest BCUT2D eigenvalue weighted by molar-refractivity contribution is 1.17. The Morgan fingerprint density at radius 3 is 0.784 bits per heavy atom. The van der Waals surface area contributed by atoms with E-state index in [1.54, 1.807) is 0 Å². The third-order valence-electron chi connectivity index (χ3n) is 14.4. The molecule has 2 nitrogen and oxygen atoms in total. The molecule has 13 rings (SSSR count). The lowest BCUT2D eigenvalue weighted by Crippen LogP contribution is -2.10. The molecular weight excluding hydrogens is 893 g/mol. The van der Waals surface area contributed by atoms with Crippen molar-refractivity contribution in [1.82, 2.24) is 4.57 Å². The van der Waals surface area contributed by atoms with Crippen molar-refractivity contribution in [2.24, 2.45) is 0 Å². The summed E-state index contributed by atoms with van der Waals surface area (Å²) < 4.78 is 2.42. The zero-order chi connectivity index (χ0) is 49.2. The minimum absolute atomic E-state index is 1.07. The molecule has 0 N–H and O–H groups in total. The SMILES string of the molecule is c1ccc(-c2ccc(-c3ccc(N(c4ccc(-c5cccc(-c6ccc(-c7ccccc7)cc6)c5)cc4)c4ccc(-n5c6ccc(-c7ccccc7)cc6c6cc(-c7ccccc7)ccc65)cc4)cc3)cc2)cc1. The van der Waals surface area contributed by atoms with Crippen LogP contribution in [0.25, 0.3) is 105 Å². The maximum absolute atomic E-state index is 2.42. The van der Waals surface area contributed by atoms with E-state index in [0.717, 1.165) is 22.7 Å². The molecule has 348 valence electrons. The van der Waals surface area contributed by atoms with Crippen molar-refractivity contribution in [1.29, 1.82) is 0 Å². The zero-order valence-electron chi connectivity index (χ0n) is 40.8. The van der Waals surface area contributed by atoms with Crippen LogP contribution in [-0.4, -0.2) is 4.57 Å². The van der Waals surface area contributed by atoms with E-state index in [-0.39, 0.29) is 0 Å². The van der Waals surface area contributed by atoms with Gasteiger partial charge in [0.05, 0.1) is 11.0 Å². The Hall–Kier alpha value is -9.76. The summed E-state index contributed by atoms with van der Waals surface area (Å²) in [6, 6.07) is 110. The second kappa shape index (κ2) is 19.4. The van der Waals surface area contributed by atoms with Crippen molar-refractivity contribution in [3.63, 3.8) is 0 Å². The number of aromatic nitrogens is 1. The summed E-state index contributed by atoms with van der Waals surface area (Å²) in [5, 5.41) is 2.46. The molecule has 74 heavy (non-hydrogen) atoms. The number of nitrogens with zero attached hydrogens (tertiary/aromatic N) is 2. The number of hydrogen-bond acceptors (Lipinski definition) is 1. The monoisotopic (exact) mass is 942 g/mol. The molecule has 0 spiro atoms. The molecule has 0 fully saturated rings. The van der Waals surface area contributed by atoms with E-state index in [4.69, 9.17) is 0 Å². The minimum Gasteiger partial charge on any atom is -0.311 e. The first kappa shape index (κ1) is 44.2. The van der Waals surface area contributed by atoms with E-state index in [2.05, 4.69) is 313 Å². The summed E-state index contributed by atoms with van der Waals surface area (Å²) in [4.78, 5) is 2.37. The Bertz CT molecular complexity index is 3940. The fraction of sp³-hybridized carbons (Fsp3) is 0. The molecule has 0 aliphatic carbocycles. The van der Waals surface area contributed by atoms with Gasteiger partial charge in [0.25, 0.3) is 0 Å². The molecule has 2 heteroatoms. The van der Waals surface area contributed by atoms with Crippen molar-refractivity contribution >= 4 is 38.9 Å². The molecule has 1 aromatic heterocycles. The molecule has 13 aromatic rings.